The fourth-order valence-electron chi connectivity index (χ4n) is 2.06. The minimum absolute atomic E-state index is 0.0516. The van der Waals surface area contributed by atoms with Crippen molar-refractivity contribution in [3.63, 3.8) is 0 Å². The van der Waals surface area contributed by atoms with Crippen molar-refractivity contribution in [2.24, 2.45) is 0 Å². The monoisotopic (exact) mass is 370 g/mol. The lowest BCUT2D eigenvalue weighted by atomic mass is 10.1. The van der Waals surface area contributed by atoms with Gasteiger partial charge in [-0.05, 0) is 48.9 Å². The van der Waals surface area contributed by atoms with E-state index in [0.717, 1.165) is 18.5 Å². The van der Waals surface area contributed by atoms with Gasteiger partial charge in [0.1, 0.15) is 0 Å². The summed E-state index contributed by atoms with van der Waals surface area (Å²) in [5.74, 6) is -0.0516. The molecular weight excluding hydrogens is 355 g/mol. The summed E-state index contributed by atoms with van der Waals surface area (Å²) in [6.07, 6.45) is 1.17. The zero-order valence-electron chi connectivity index (χ0n) is 12.4. The second-order valence-corrected chi connectivity index (χ2v) is 6.32. The molecule has 0 unspecified atom stereocenters. The van der Waals surface area contributed by atoms with Crippen molar-refractivity contribution in [3.8, 4) is 0 Å². The van der Waals surface area contributed by atoms with Gasteiger partial charge in [-0.1, -0.05) is 46.9 Å². The highest BCUT2D eigenvalue weighted by atomic mass is 35.5. The summed E-state index contributed by atoms with van der Waals surface area (Å²) in [6.45, 7) is 1.34. The lowest BCUT2D eigenvalue weighted by Crippen LogP contribution is -2.23. The van der Waals surface area contributed by atoms with E-state index in [0.29, 0.717) is 33.7 Å². The molecule has 0 fully saturated rings. The number of hydrogen-bond acceptors (Lipinski definition) is 2. The molecule has 2 aromatic rings. The highest BCUT2D eigenvalue weighted by Crippen LogP contribution is 2.21. The number of anilines is 1. The van der Waals surface area contributed by atoms with Gasteiger partial charge in [-0.3, -0.25) is 4.79 Å². The van der Waals surface area contributed by atoms with Crippen molar-refractivity contribution < 1.29 is 4.79 Å². The molecule has 2 rings (SSSR count). The Balaban J connectivity index is 1.66. The van der Waals surface area contributed by atoms with Crippen molar-refractivity contribution in [3.05, 3.63) is 63.1 Å². The minimum Gasteiger partial charge on any atom is -0.326 e. The number of benzene rings is 2. The lowest BCUT2D eigenvalue weighted by Gasteiger charge is -2.08. The molecule has 0 saturated heterocycles. The number of halogens is 3. The van der Waals surface area contributed by atoms with Crippen LogP contribution in [0.15, 0.2) is 42.5 Å². The van der Waals surface area contributed by atoms with Crippen LogP contribution in [0.5, 0.6) is 0 Å². The highest BCUT2D eigenvalue weighted by molar-refractivity contribution is 6.35. The van der Waals surface area contributed by atoms with E-state index in [2.05, 4.69) is 10.6 Å². The van der Waals surface area contributed by atoms with Crippen molar-refractivity contribution in [1.29, 1.82) is 0 Å². The van der Waals surface area contributed by atoms with Crippen LogP contribution in [0.1, 0.15) is 12.0 Å². The van der Waals surface area contributed by atoms with Crippen LogP contribution in [0.4, 0.5) is 5.69 Å². The van der Waals surface area contributed by atoms with E-state index in [1.54, 1.807) is 30.3 Å². The molecule has 0 radical (unpaired) electrons. The molecule has 0 bridgehead atoms. The average molecular weight is 372 g/mol. The molecule has 0 spiro atoms. The van der Waals surface area contributed by atoms with Gasteiger partial charge >= 0.3 is 0 Å². The summed E-state index contributed by atoms with van der Waals surface area (Å²) in [5, 5.41) is 7.92. The maximum absolute atomic E-state index is 11.8. The van der Waals surface area contributed by atoms with Crippen molar-refractivity contribution in [2.75, 3.05) is 18.4 Å². The number of carbonyl (C=O) groups is 1. The minimum atomic E-state index is -0.0516. The first-order valence-corrected chi connectivity index (χ1v) is 8.38. The van der Waals surface area contributed by atoms with Crippen molar-refractivity contribution >= 4 is 46.4 Å². The summed E-state index contributed by atoms with van der Waals surface area (Å²) in [6, 6.07) is 12.6. The summed E-state index contributed by atoms with van der Waals surface area (Å²) in [7, 11) is 0. The standard InChI is InChI=1S/C17H17Cl3N2O/c18-13-2-1-3-15(10-13)22-17(23)7-9-21-8-6-12-4-5-14(19)11-16(12)20/h1-5,10-11,21H,6-9H2,(H,22,23). The number of rotatable bonds is 7. The van der Waals surface area contributed by atoms with Crippen molar-refractivity contribution in [1.82, 2.24) is 5.32 Å². The fourth-order valence-corrected chi connectivity index (χ4v) is 2.76. The number of hydrogen-bond donors (Lipinski definition) is 2. The SMILES string of the molecule is O=C(CCNCCc1ccc(Cl)cc1Cl)Nc1cccc(Cl)c1. The first-order chi connectivity index (χ1) is 11.0. The number of amides is 1. The summed E-state index contributed by atoms with van der Waals surface area (Å²) in [4.78, 5) is 11.8. The predicted molar refractivity (Wildman–Crippen MR) is 97.7 cm³/mol. The van der Waals surface area contributed by atoms with Crippen LogP contribution in [0.3, 0.4) is 0 Å². The Hall–Kier alpha value is -1.26. The molecule has 0 atom stereocenters. The zero-order valence-corrected chi connectivity index (χ0v) is 14.7. The van der Waals surface area contributed by atoms with E-state index < -0.39 is 0 Å². The first-order valence-electron chi connectivity index (χ1n) is 7.24. The van der Waals surface area contributed by atoms with Crippen LogP contribution >= 0.6 is 34.8 Å². The summed E-state index contributed by atoms with van der Waals surface area (Å²) < 4.78 is 0. The first kappa shape index (κ1) is 18.1. The summed E-state index contributed by atoms with van der Waals surface area (Å²) in [5.41, 5.74) is 1.74. The Kier molecular flexibility index (Phi) is 7.18. The zero-order chi connectivity index (χ0) is 16.7. The molecule has 6 heteroatoms. The molecule has 23 heavy (non-hydrogen) atoms. The molecular formula is C17H17Cl3N2O. The van der Waals surface area contributed by atoms with Gasteiger partial charge in [0.15, 0.2) is 0 Å². The third-order valence-corrected chi connectivity index (χ3v) is 4.05. The van der Waals surface area contributed by atoms with E-state index in [1.165, 1.54) is 0 Å². The van der Waals surface area contributed by atoms with E-state index >= 15 is 0 Å². The van der Waals surface area contributed by atoms with Crippen LogP contribution in [0.25, 0.3) is 0 Å². The molecule has 0 saturated carbocycles. The van der Waals surface area contributed by atoms with Crippen LogP contribution in [0, 0.1) is 0 Å². The molecule has 2 aromatic carbocycles. The Labute approximate surface area is 150 Å². The second-order valence-electron chi connectivity index (χ2n) is 5.04. The molecule has 0 aromatic heterocycles. The molecule has 3 nitrogen and oxygen atoms in total. The van der Waals surface area contributed by atoms with Gasteiger partial charge in [0.25, 0.3) is 0 Å². The maximum atomic E-state index is 11.8. The highest BCUT2D eigenvalue weighted by Gasteiger charge is 2.04. The maximum Gasteiger partial charge on any atom is 0.225 e. The van der Waals surface area contributed by atoms with E-state index in [4.69, 9.17) is 34.8 Å². The van der Waals surface area contributed by atoms with Gasteiger partial charge in [-0.15, -0.1) is 0 Å². The normalized spacial score (nSPS) is 10.6. The second kappa shape index (κ2) is 9.14. The molecule has 0 aliphatic rings. The average Bonchev–Trinajstić information content (AvgIpc) is 2.49. The number of nitrogens with one attached hydrogen (secondary N) is 2. The van der Waals surface area contributed by atoms with Crippen LogP contribution in [-0.4, -0.2) is 19.0 Å². The van der Waals surface area contributed by atoms with Gasteiger partial charge in [0.05, 0.1) is 0 Å². The van der Waals surface area contributed by atoms with Crippen LogP contribution in [0.2, 0.25) is 15.1 Å². The molecule has 1 amide bonds. The predicted octanol–water partition coefficient (Wildman–Crippen LogP) is 4.81. The number of carbonyl (C=O) groups excluding carboxylic acids is 1. The summed E-state index contributed by atoms with van der Waals surface area (Å²) >= 11 is 17.8. The Bertz CT molecular complexity index is 677. The van der Waals surface area contributed by atoms with Crippen molar-refractivity contribution in [2.45, 2.75) is 12.8 Å². The fraction of sp³-hybridized carbons (Fsp3) is 0.235. The molecule has 0 aliphatic carbocycles. The smallest absolute Gasteiger partial charge is 0.225 e. The quantitative estimate of drug-likeness (QED) is 0.686. The molecule has 0 heterocycles. The van der Waals surface area contributed by atoms with E-state index in [1.807, 2.05) is 12.1 Å². The topological polar surface area (TPSA) is 41.1 Å². The van der Waals surface area contributed by atoms with Gasteiger partial charge in [0.2, 0.25) is 5.91 Å². The molecule has 2 N–H and O–H groups in total. The Morgan fingerprint density at radius 2 is 1.74 bits per heavy atom. The largest absolute Gasteiger partial charge is 0.326 e. The van der Waals surface area contributed by atoms with E-state index in [9.17, 15) is 4.79 Å². The van der Waals surface area contributed by atoms with Gasteiger partial charge in [-0.2, -0.15) is 0 Å². The molecule has 122 valence electrons. The van der Waals surface area contributed by atoms with E-state index in [-0.39, 0.29) is 5.91 Å². The molecule has 0 aliphatic heterocycles. The third kappa shape index (κ3) is 6.40. The van der Waals surface area contributed by atoms with Gasteiger partial charge in [-0.25, -0.2) is 0 Å². The van der Waals surface area contributed by atoms with Gasteiger partial charge < -0.3 is 10.6 Å². The van der Waals surface area contributed by atoms with Crippen LogP contribution in [-0.2, 0) is 11.2 Å². The lowest BCUT2D eigenvalue weighted by molar-refractivity contribution is -0.116. The Morgan fingerprint density at radius 3 is 2.48 bits per heavy atom. The third-order valence-electron chi connectivity index (χ3n) is 3.22. The van der Waals surface area contributed by atoms with Gasteiger partial charge in [0, 0.05) is 33.7 Å². The van der Waals surface area contributed by atoms with Crippen LogP contribution < -0.4 is 10.6 Å². The Morgan fingerprint density at radius 1 is 0.957 bits per heavy atom.